The maximum atomic E-state index is 12.9. The summed E-state index contributed by atoms with van der Waals surface area (Å²) in [4.78, 5) is 19.6. The van der Waals surface area contributed by atoms with Crippen molar-refractivity contribution >= 4 is 11.8 Å². The van der Waals surface area contributed by atoms with E-state index in [-0.39, 0.29) is 11.4 Å². The lowest BCUT2D eigenvalue weighted by atomic mass is 10.1. The van der Waals surface area contributed by atoms with Gasteiger partial charge in [0.15, 0.2) is 5.16 Å². The molecule has 2 rings (SSSR count). The molecular weight excluding hydrogens is 299 g/mol. The molecule has 116 valence electrons. The molecule has 1 aromatic carbocycles. The van der Waals surface area contributed by atoms with Gasteiger partial charge in [0, 0.05) is 11.3 Å². The van der Waals surface area contributed by atoms with E-state index in [1.165, 1.54) is 23.9 Å². The Bertz CT molecular complexity index is 695. The minimum absolute atomic E-state index is 0.0973. The summed E-state index contributed by atoms with van der Waals surface area (Å²) in [6.45, 7) is 5.75. The minimum Gasteiger partial charge on any atom is -0.301 e. The smallest absolute Gasteiger partial charge is 0.255 e. The van der Waals surface area contributed by atoms with Crippen LogP contribution in [0.4, 0.5) is 4.39 Å². The van der Waals surface area contributed by atoms with Crippen LogP contribution in [0.15, 0.2) is 46.9 Å². The van der Waals surface area contributed by atoms with Gasteiger partial charge in [-0.25, -0.2) is 9.37 Å². The number of nitrogens with one attached hydrogen (secondary N) is 1. The molecule has 0 aliphatic rings. The average Bonchev–Trinajstić information content (AvgIpc) is 2.50. The van der Waals surface area contributed by atoms with Gasteiger partial charge >= 0.3 is 0 Å². The van der Waals surface area contributed by atoms with Gasteiger partial charge in [-0.2, -0.15) is 0 Å². The zero-order valence-corrected chi connectivity index (χ0v) is 13.4. The fourth-order valence-corrected chi connectivity index (χ4v) is 2.96. The molecular formula is C17H19FN2OS. The fraction of sp³-hybridized carbons (Fsp3) is 0.294. The van der Waals surface area contributed by atoms with Crippen molar-refractivity contribution < 1.29 is 4.39 Å². The second-order valence-corrected chi connectivity index (χ2v) is 5.92. The fourth-order valence-electron chi connectivity index (χ4n) is 2.12. The molecule has 0 amide bonds. The van der Waals surface area contributed by atoms with Crippen LogP contribution in [0, 0.1) is 5.82 Å². The van der Waals surface area contributed by atoms with Crippen LogP contribution < -0.4 is 5.56 Å². The predicted octanol–water partition coefficient (Wildman–Crippen LogP) is 3.88. The van der Waals surface area contributed by atoms with Crippen molar-refractivity contribution in [3.8, 4) is 0 Å². The minimum atomic E-state index is -0.251. The number of nitrogens with zero attached hydrogens (tertiary/aromatic N) is 1. The van der Waals surface area contributed by atoms with E-state index in [1.54, 1.807) is 18.2 Å². The first-order chi connectivity index (χ1) is 10.6. The van der Waals surface area contributed by atoms with Crippen LogP contribution >= 0.6 is 11.8 Å². The quantitative estimate of drug-likeness (QED) is 0.479. The predicted molar refractivity (Wildman–Crippen MR) is 88.7 cm³/mol. The molecule has 1 heterocycles. The molecule has 3 nitrogen and oxygen atoms in total. The number of benzene rings is 1. The molecule has 0 saturated carbocycles. The summed E-state index contributed by atoms with van der Waals surface area (Å²) in [5.74, 6) is 0.384. The van der Waals surface area contributed by atoms with Crippen LogP contribution in [-0.2, 0) is 18.6 Å². The molecule has 0 spiro atoms. The zero-order valence-electron chi connectivity index (χ0n) is 12.6. The molecule has 5 heteroatoms. The topological polar surface area (TPSA) is 45.8 Å². The van der Waals surface area contributed by atoms with Crippen molar-refractivity contribution in [3.05, 3.63) is 69.9 Å². The second-order valence-electron chi connectivity index (χ2n) is 4.95. The van der Waals surface area contributed by atoms with Gasteiger partial charge in [-0.3, -0.25) is 4.79 Å². The number of thioether (sulfide) groups is 1. The van der Waals surface area contributed by atoms with Gasteiger partial charge in [-0.15, -0.1) is 6.58 Å². The zero-order chi connectivity index (χ0) is 15.9. The number of hydrogen-bond donors (Lipinski definition) is 1. The lowest BCUT2D eigenvalue weighted by Gasteiger charge is -2.08. The SMILES string of the molecule is C=CCc1c(CCC)nc(SCc2ccc(F)cc2)[nH]c1=O. The highest BCUT2D eigenvalue weighted by atomic mass is 32.2. The first-order valence-electron chi connectivity index (χ1n) is 7.24. The number of aromatic amines is 1. The number of hydrogen-bond acceptors (Lipinski definition) is 3. The summed E-state index contributed by atoms with van der Waals surface area (Å²) < 4.78 is 12.9. The van der Waals surface area contributed by atoms with Crippen LogP contribution in [0.5, 0.6) is 0 Å². The van der Waals surface area contributed by atoms with Crippen LogP contribution in [0.25, 0.3) is 0 Å². The third kappa shape index (κ3) is 4.31. The van der Waals surface area contributed by atoms with E-state index in [9.17, 15) is 9.18 Å². The van der Waals surface area contributed by atoms with Gasteiger partial charge in [0.25, 0.3) is 5.56 Å². The number of halogens is 1. The van der Waals surface area contributed by atoms with E-state index in [0.29, 0.717) is 22.9 Å². The second kappa shape index (κ2) is 7.94. The van der Waals surface area contributed by atoms with Crippen molar-refractivity contribution in [2.75, 3.05) is 0 Å². The Morgan fingerprint density at radius 3 is 2.73 bits per heavy atom. The molecule has 0 aliphatic heterocycles. The maximum absolute atomic E-state index is 12.9. The Morgan fingerprint density at radius 2 is 2.09 bits per heavy atom. The van der Waals surface area contributed by atoms with Gasteiger partial charge in [0.05, 0.1) is 5.69 Å². The molecule has 0 atom stereocenters. The number of H-pyrrole nitrogens is 1. The van der Waals surface area contributed by atoms with Gasteiger partial charge in [0.2, 0.25) is 0 Å². The Balaban J connectivity index is 2.18. The molecule has 0 radical (unpaired) electrons. The third-order valence-electron chi connectivity index (χ3n) is 3.20. The number of aryl methyl sites for hydroxylation is 1. The van der Waals surface area contributed by atoms with E-state index in [2.05, 4.69) is 23.5 Å². The van der Waals surface area contributed by atoms with E-state index in [0.717, 1.165) is 24.1 Å². The van der Waals surface area contributed by atoms with Gasteiger partial charge < -0.3 is 4.98 Å². The average molecular weight is 318 g/mol. The summed E-state index contributed by atoms with van der Waals surface area (Å²) >= 11 is 1.45. The first-order valence-corrected chi connectivity index (χ1v) is 8.22. The third-order valence-corrected chi connectivity index (χ3v) is 4.15. The summed E-state index contributed by atoms with van der Waals surface area (Å²) in [5, 5.41) is 0.602. The molecule has 0 bridgehead atoms. The molecule has 0 aliphatic carbocycles. The number of allylic oxidation sites excluding steroid dienone is 1. The van der Waals surface area contributed by atoms with E-state index >= 15 is 0 Å². The van der Waals surface area contributed by atoms with Crippen molar-refractivity contribution in [1.82, 2.24) is 9.97 Å². The Morgan fingerprint density at radius 1 is 1.36 bits per heavy atom. The van der Waals surface area contributed by atoms with Crippen molar-refractivity contribution in [3.63, 3.8) is 0 Å². The normalized spacial score (nSPS) is 10.6. The largest absolute Gasteiger partial charge is 0.301 e. The van der Waals surface area contributed by atoms with Crippen LogP contribution in [0.3, 0.4) is 0 Å². The molecule has 1 N–H and O–H groups in total. The van der Waals surface area contributed by atoms with Gasteiger partial charge in [-0.1, -0.05) is 43.3 Å². The van der Waals surface area contributed by atoms with E-state index in [1.807, 2.05) is 0 Å². The molecule has 1 aromatic heterocycles. The lowest BCUT2D eigenvalue weighted by molar-refractivity contribution is 0.627. The van der Waals surface area contributed by atoms with Gasteiger partial charge in [0.1, 0.15) is 5.82 Å². The summed E-state index contributed by atoms with van der Waals surface area (Å²) in [5.41, 5.74) is 2.43. The molecule has 2 aromatic rings. The van der Waals surface area contributed by atoms with E-state index < -0.39 is 0 Å². The highest BCUT2D eigenvalue weighted by Gasteiger charge is 2.10. The number of aromatic nitrogens is 2. The van der Waals surface area contributed by atoms with E-state index in [4.69, 9.17) is 0 Å². The standard InChI is InChI=1S/C17H19FN2OS/c1-3-5-14-15(6-4-2)19-17(20-16(14)21)22-11-12-7-9-13(18)10-8-12/h3,7-10H,1,4-6,11H2,2H3,(H,19,20,21). The van der Waals surface area contributed by atoms with Crippen LogP contribution in [0.1, 0.15) is 30.2 Å². The highest BCUT2D eigenvalue weighted by molar-refractivity contribution is 7.98. The first kappa shape index (κ1) is 16.5. The molecule has 0 saturated heterocycles. The summed E-state index contributed by atoms with van der Waals surface area (Å²) in [6, 6.07) is 6.34. The Kier molecular flexibility index (Phi) is 5.95. The van der Waals surface area contributed by atoms with Crippen LogP contribution in [-0.4, -0.2) is 9.97 Å². The number of rotatable bonds is 7. The van der Waals surface area contributed by atoms with Crippen molar-refractivity contribution in [2.24, 2.45) is 0 Å². The summed E-state index contributed by atoms with van der Waals surface area (Å²) in [7, 11) is 0. The maximum Gasteiger partial charge on any atom is 0.255 e. The monoisotopic (exact) mass is 318 g/mol. The molecule has 22 heavy (non-hydrogen) atoms. The molecule has 0 fully saturated rings. The van der Waals surface area contributed by atoms with Gasteiger partial charge in [-0.05, 0) is 30.5 Å². The summed E-state index contributed by atoms with van der Waals surface area (Å²) in [6.07, 6.45) is 3.96. The lowest BCUT2D eigenvalue weighted by Crippen LogP contribution is -2.18. The van der Waals surface area contributed by atoms with Crippen molar-refractivity contribution in [2.45, 2.75) is 37.1 Å². The highest BCUT2D eigenvalue weighted by Crippen LogP contribution is 2.20. The Labute approximate surface area is 133 Å². The van der Waals surface area contributed by atoms with Crippen molar-refractivity contribution in [1.29, 1.82) is 0 Å². The Hall–Kier alpha value is -1.88. The van der Waals surface area contributed by atoms with Crippen LogP contribution in [0.2, 0.25) is 0 Å². The molecule has 0 unspecified atom stereocenters.